The predicted octanol–water partition coefficient (Wildman–Crippen LogP) is 1.31. The van der Waals surface area contributed by atoms with E-state index in [1.54, 1.807) is 30.6 Å². The Morgan fingerprint density at radius 3 is 2.35 bits per heavy atom. The highest BCUT2D eigenvalue weighted by atomic mass is 16.4. The van der Waals surface area contributed by atoms with Crippen molar-refractivity contribution in [2.45, 2.75) is 18.8 Å². The highest BCUT2D eigenvalue weighted by Gasteiger charge is 2.40. The normalized spacial score (nSPS) is 13.7. The van der Waals surface area contributed by atoms with Crippen molar-refractivity contribution < 1.29 is 9.90 Å². The van der Waals surface area contributed by atoms with E-state index in [1.165, 1.54) is 0 Å². The molecule has 1 unspecified atom stereocenters. The minimum Gasteiger partial charge on any atom is -0.481 e. The zero-order chi connectivity index (χ0) is 14.6. The maximum absolute atomic E-state index is 11.8. The molecule has 5 nitrogen and oxygen atoms in total. The van der Waals surface area contributed by atoms with Crippen LogP contribution in [0.15, 0.2) is 42.7 Å². The van der Waals surface area contributed by atoms with E-state index in [9.17, 15) is 9.90 Å². The van der Waals surface area contributed by atoms with Crippen LogP contribution in [0.1, 0.15) is 17.0 Å². The van der Waals surface area contributed by atoms with Gasteiger partial charge in [0, 0.05) is 25.4 Å². The summed E-state index contributed by atoms with van der Waals surface area (Å²) in [6.45, 7) is 1.94. The van der Waals surface area contributed by atoms with Gasteiger partial charge in [-0.3, -0.25) is 4.79 Å². The summed E-state index contributed by atoms with van der Waals surface area (Å²) in [4.78, 5) is 20.0. The number of aliphatic carboxylic acids is 1. The predicted molar refractivity (Wildman–Crippen MR) is 75.3 cm³/mol. The number of carbonyl (C=O) groups is 1. The summed E-state index contributed by atoms with van der Waals surface area (Å²) in [5, 5.41) is 9.67. The second kappa shape index (κ2) is 5.79. The molecule has 0 saturated heterocycles. The first-order valence-corrected chi connectivity index (χ1v) is 6.35. The number of carboxylic acid groups (broad SMARTS) is 1. The molecule has 3 N–H and O–H groups in total. The minimum absolute atomic E-state index is 0.0103. The molecule has 1 aromatic heterocycles. The molecule has 0 fully saturated rings. The molecule has 0 radical (unpaired) electrons. The lowest BCUT2D eigenvalue weighted by atomic mass is 9.77. The second-order valence-electron chi connectivity index (χ2n) is 4.80. The van der Waals surface area contributed by atoms with Crippen LogP contribution >= 0.6 is 0 Å². The van der Waals surface area contributed by atoms with Gasteiger partial charge in [0.2, 0.25) is 0 Å². The third kappa shape index (κ3) is 2.67. The van der Waals surface area contributed by atoms with Gasteiger partial charge in [-0.1, -0.05) is 29.8 Å². The Balaban J connectivity index is 2.45. The first-order valence-electron chi connectivity index (χ1n) is 6.35. The summed E-state index contributed by atoms with van der Waals surface area (Å²) in [7, 11) is 0. The molecular weight excluding hydrogens is 254 g/mol. The molecule has 2 aromatic rings. The first-order chi connectivity index (χ1) is 9.58. The van der Waals surface area contributed by atoms with Crippen molar-refractivity contribution in [2.75, 3.05) is 6.54 Å². The summed E-state index contributed by atoms with van der Waals surface area (Å²) < 4.78 is 0. The van der Waals surface area contributed by atoms with Crippen molar-refractivity contribution in [3.63, 3.8) is 0 Å². The summed E-state index contributed by atoms with van der Waals surface area (Å²) in [6.07, 6.45) is 3.37. The molecule has 0 bridgehead atoms. The van der Waals surface area contributed by atoms with Gasteiger partial charge in [-0.15, -0.1) is 0 Å². The van der Waals surface area contributed by atoms with Crippen LogP contribution in [0.4, 0.5) is 0 Å². The molecular formula is C15H17N3O2. The standard InChI is InChI=1S/C15H17N3O2/c1-11-3-5-12(6-4-11)15(10-16,14(19)20)9-13-17-7-2-8-18-13/h2-8H,9-10,16H2,1H3,(H,19,20). The van der Waals surface area contributed by atoms with E-state index in [0.717, 1.165) is 5.56 Å². The van der Waals surface area contributed by atoms with E-state index >= 15 is 0 Å². The second-order valence-corrected chi connectivity index (χ2v) is 4.80. The number of rotatable bonds is 5. The number of aryl methyl sites for hydroxylation is 1. The van der Waals surface area contributed by atoms with Gasteiger partial charge in [0.25, 0.3) is 0 Å². The zero-order valence-corrected chi connectivity index (χ0v) is 11.3. The fourth-order valence-corrected chi connectivity index (χ4v) is 2.14. The average Bonchev–Trinajstić information content (AvgIpc) is 2.46. The third-order valence-corrected chi connectivity index (χ3v) is 3.44. The smallest absolute Gasteiger partial charge is 0.315 e. The Labute approximate surface area is 117 Å². The van der Waals surface area contributed by atoms with Gasteiger partial charge >= 0.3 is 5.97 Å². The van der Waals surface area contributed by atoms with E-state index in [-0.39, 0.29) is 13.0 Å². The number of hydrogen-bond donors (Lipinski definition) is 2. The molecule has 20 heavy (non-hydrogen) atoms. The Bertz CT molecular complexity index is 584. The topological polar surface area (TPSA) is 89.1 Å². The Kier molecular flexibility index (Phi) is 4.10. The van der Waals surface area contributed by atoms with Gasteiger partial charge in [-0.25, -0.2) is 9.97 Å². The zero-order valence-electron chi connectivity index (χ0n) is 11.3. The average molecular weight is 271 g/mol. The van der Waals surface area contributed by atoms with Crippen LogP contribution in [0.2, 0.25) is 0 Å². The van der Waals surface area contributed by atoms with Crippen LogP contribution in [0, 0.1) is 6.92 Å². The van der Waals surface area contributed by atoms with E-state index in [0.29, 0.717) is 11.4 Å². The fraction of sp³-hybridized carbons (Fsp3) is 0.267. The molecule has 0 aliphatic carbocycles. The fourth-order valence-electron chi connectivity index (χ4n) is 2.14. The van der Waals surface area contributed by atoms with Crippen LogP contribution < -0.4 is 5.73 Å². The Morgan fingerprint density at radius 1 is 1.25 bits per heavy atom. The molecule has 0 saturated carbocycles. The maximum Gasteiger partial charge on any atom is 0.315 e. The highest BCUT2D eigenvalue weighted by Crippen LogP contribution is 2.27. The summed E-state index contributed by atoms with van der Waals surface area (Å²) >= 11 is 0. The molecule has 0 amide bonds. The quantitative estimate of drug-likeness (QED) is 0.855. The first kappa shape index (κ1) is 14.1. The Hall–Kier alpha value is -2.27. The van der Waals surface area contributed by atoms with Crippen molar-refractivity contribution in [1.82, 2.24) is 9.97 Å². The van der Waals surface area contributed by atoms with Crippen molar-refractivity contribution in [3.05, 3.63) is 59.7 Å². The lowest BCUT2D eigenvalue weighted by molar-refractivity contribution is -0.143. The minimum atomic E-state index is -1.20. The van der Waals surface area contributed by atoms with E-state index in [2.05, 4.69) is 9.97 Å². The summed E-state index contributed by atoms with van der Waals surface area (Å²) in [6, 6.07) is 9.07. The number of hydrogen-bond acceptors (Lipinski definition) is 4. The van der Waals surface area contributed by atoms with Gasteiger partial charge in [0.1, 0.15) is 11.2 Å². The SMILES string of the molecule is Cc1ccc(C(CN)(Cc2ncccn2)C(=O)O)cc1. The van der Waals surface area contributed by atoms with Crippen LogP contribution in [-0.4, -0.2) is 27.6 Å². The van der Waals surface area contributed by atoms with E-state index < -0.39 is 11.4 Å². The molecule has 2 rings (SSSR count). The number of nitrogens with two attached hydrogens (primary N) is 1. The maximum atomic E-state index is 11.8. The van der Waals surface area contributed by atoms with Crippen molar-refractivity contribution in [1.29, 1.82) is 0 Å². The summed E-state index contributed by atoms with van der Waals surface area (Å²) in [5.74, 6) is -0.489. The van der Waals surface area contributed by atoms with Gasteiger partial charge < -0.3 is 10.8 Å². The highest BCUT2D eigenvalue weighted by molar-refractivity contribution is 5.82. The molecule has 1 atom stereocenters. The number of benzene rings is 1. The molecule has 0 aliphatic heterocycles. The van der Waals surface area contributed by atoms with Gasteiger partial charge in [0.05, 0.1) is 0 Å². The number of nitrogens with zero attached hydrogens (tertiary/aromatic N) is 2. The van der Waals surface area contributed by atoms with E-state index in [4.69, 9.17) is 5.73 Å². The van der Waals surface area contributed by atoms with Crippen LogP contribution in [0.5, 0.6) is 0 Å². The molecule has 1 aromatic carbocycles. The monoisotopic (exact) mass is 271 g/mol. The van der Waals surface area contributed by atoms with Crippen LogP contribution in [0.25, 0.3) is 0 Å². The lowest BCUT2D eigenvalue weighted by Gasteiger charge is -2.27. The largest absolute Gasteiger partial charge is 0.481 e. The third-order valence-electron chi connectivity index (χ3n) is 3.44. The lowest BCUT2D eigenvalue weighted by Crippen LogP contribution is -2.45. The van der Waals surface area contributed by atoms with Gasteiger partial charge in [-0.05, 0) is 18.6 Å². The molecule has 0 aliphatic rings. The van der Waals surface area contributed by atoms with Crippen molar-refractivity contribution >= 4 is 5.97 Å². The van der Waals surface area contributed by atoms with Gasteiger partial charge in [0.15, 0.2) is 0 Å². The molecule has 5 heteroatoms. The molecule has 1 heterocycles. The number of aromatic nitrogens is 2. The molecule has 104 valence electrons. The molecule has 0 spiro atoms. The van der Waals surface area contributed by atoms with E-state index in [1.807, 2.05) is 19.1 Å². The van der Waals surface area contributed by atoms with Crippen molar-refractivity contribution in [2.24, 2.45) is 5.73 Å². The summed E-state index contributed by atoms with van der Waals surface area (Å²) in [5.41, 5.74) is 6.33. The Morgan fingerprint density at radius 2 is 1.85 bits per heavy atom. The van der Waals surface area contributed by atoms with Crippen LogP contribution in [-0.2, 0) is 16.6 Å². The van der Waals surface area contributed by atoms with Gasteiger partial charge in [-0.2, -0.15) is 0 Å². The van der Waals surface area contributed by atoms with Crippen LogP contribution in [0.3, 0.4) is 0 Å². The number of carboxylic acids is 1. The van der Waals surface area contributed by atoms with Crippen molar-refractivity contribution in [3.8, 4) is 0 Å².